The Hall–Kier alpha value is -1.01. The van der Waals surface area contributed by atoms with Gasteiger partial charge >= 0.3 is 6.09 Å². The van der Waals surface area contributed by atoms with Crippen molar-refractivity contribution in [1.82, 2.24) is 4.90 Å². The number of hydrogen-bond donors (Lipinski definition) is 1. The Bertz CT molecular complexity index is 366. The monoisotopic (exact) mass is 274 g/mol. The van der Waals surface area contributed by atoms with E-state index in [9.17, 15) is 4.79 Å². The van der Waals surface area contributed by atoms with E-state index in [1.807, 2.05) is 0 Å². The molecule has 0 aliphatic carbocycles. The van der Waals surface area contributed by atoms with Gasteiger partial charge in [0.05, 0.1) is 6.54 Å². The van der Waals surface area contributed by atoms with Crippen molar-refractivity contribution >= 4 is 22.0 Å². The molecule has 1 amide bonds. The van der Waals surface area contributed by atoms with Crippen molar-refractivity contribution in [1.29, 1.82) is 0 Å². The lowest BCUT2D eigenvalue weighted by molar-refractivity contribution is 0.123. The van der Waals surface area contributed by atoms with E-state index in [2.05, 4.69) is 15.9 Å². The molecule has 5 nitrogen and oxygen atoms in total. The van der Waals surface area contributed by atoms with Gasteiger partial charge < -0.3 is 19.8 Å². The number of hydrogen-bond acceptors (Lipinski definition) is 4. The molecule has 82 valence electrons. The Morgan fingerprint density at radius 2 is 2.40 bits per heavy atom. The van der Waals surface area contributed by atoms with Gasteiger partial charge in [0, 0.05) is 13.1 Å². The predicted molar refractivity (Wildman–Crippen MR) is 56.3 cm³/mol. The fraction of sp³-hybridized carbons (Fsp3) is 0.444. The molecular formula is C9H11BrN2O3. The molecule has 1 saturated heterocycles. The first-order valence-corrected chi connectivity index (χ1v) is 5.41. The van der Waals surface area contributed by atoms with Gasteiger partial charge in [0.25, 0.3) is 0 Å². The van der Waals surface area contributed by atoms with Gasteiger partial charge in [-0.05, 0) is 28.1 Å². The third-order valence-electron chi connectivity index (χ3n) is 2.20. The van der Waals surface area contributed by atoms with E-state index in [0.717, 1.165) is 0 Å². The fourth-order valence-electron chi connectivity index (χ4n) is 1.50. The van der Waals surface area contributed by atoms with E-state index in [4.69, 9.17) is 14.9 Å². The summed E-state index contributed by atoms with van der Waals surface area (Å²) in [5, 5.41) is 0. The minimum absolute atomic E-state index is 0.324. The van der Waals surface area contributed by atoms with Crippen molar-refractivity contribution in [3.8, 4) is 0 Å². The van der Waals surface area contributed by atoms with Crippen LogP contribution in [-0.4, -0.2) is 30.6 Å². The van der Waals surface area contributed by atoms with E-state index in [-0.39, 0.29) is 12.2 Å². The molecule has 1 fully saturated rings. The molecule has 0 radical (unpaired) electrons. The topological polar surface area (TPSA) is 68.7 Å². The van der Waals surface area contributed by atoms with Gasteiger partial charge in [-0.3, -0.25) is 0 Å². The van der Waals surface area contributed by atoms with Gasteiger partial charge in [-0.1, -0.05) is 0 Å². The lowest BCUT2D eigenvalue weighted by atomic mass is 10.3. The average Bonchev–Trinajstić information content (AvgIpc) is 2.75. The Morgan fingerprint density at radius 3 is 3.00 bits per heavy atom. The highest BCUT2D eigenvalue weighted by atomic mass is 79.9. The molecule has 1 unspecified atom stereocenters. The molecule has 0 bridgehead atoms. The number of cyclic esters (lactones) is 1. The smallest absolute Gasteiger partial charge is 0.410 e. The molecule has 1 aromatic rings. The number of carbonyl (C=O) groups is 1. The number of amides is 1. The summed E-state index contributed by atoms with van der Waals surface area (Å²) in [6, 6.07) is 3.56. The molecule has 6 heteroatoms. The molecule has 0 aromatic carbocycles. The maximum absolute atomic E-state index is 11.3. The Balaban J connectivity index is 2.05. The zero-order valence-corrected chi connectivity index (χ0v) is 9.57. The second kappa shape index (κ2) is 4.24. The minimum Gasteiger partial charge on any atom is -0.450 e. The quantitative estimate of drug-likeness (QED) is 0.907. The first-order chi connectivity index (χ1) is 7.20. The van der Waals surface area contributed by atoms with Crippen LogP contribution in [0, 0.1) is 0 Å². The normalized spacial score (nSPS) is 20.8. The van der Waals surface area contributed by atoms with Crippen LogP contribution in [0.5, 0.6) is 0 Å². The van der Waals surface area contributed by atoms with Crippen molar-refractivity contribution in [3.63, 3.8) is 0 Å². The summed E-state index contributed by atoms with van der Waals surface area (Å²) >= 11 is 3.20. The standard InChI is InChI=1S/C9H11BrN2O3/c10-8-2-1-6(14-8)7-5-12(4-3-11)9(13)15-7/h1-2,7H,3-5,11H2. The maximum Gasteiger partial charge on any atom is 0.410 e. The van der Waals surface area contributed by atoms with Gasteiger partial charge in [-0.25, -0.2) is 4.79 Å². The van der Waals surface area contributed by atoms with Gasteiger partial charge in [0.15, 0.2) is 10.8 Å². The van der Waals surface area contributed by atoms with Crippen LogP contribution in [-0.2, 0) is 4.74 Å². The van der Waals surface area contributed by atoms with Crippen molar-refractivity contribution in [2.24, 2.45) is 5.73 Å². The van der Waals surface area contributed by atoms with Gasteiger partial charge in [0.2, 0.25) is 0 Å². The second-order valence-electron chi connectivity index (χ2n) is 3.25. The van der Waals surface area contributed by atoms with Gasteiger partial charge in [0.1, 0.15) is 5.76 Å². The summed E-state index contributed by atoms with van der Waals surface area (Å²) < 4.78 is 11.1. The van der Waals surface area contributed by atoms with Crippen LogP contribution in [0.2, 0.25) is 0 Å². The predicted octanol–water partition coefficient (Wildman–Crippen LogP) is 1.49. The van der Waals surface area contributed by atoms with Crippen molar-refractivity contribution < 1.29 is 13.9 Å². The Kier molecular flexibility index (Phi) is 2.97. The molecular weight excluding hydrogens is 264 g/mol. The number of halogens is 1. The van der Waals surface area contributed by atoms with E-state index in [0.29, 0.717) is 30.1 Å². The first kappa shape index (κ1) is 10.5. The molecule has 2 heterocycles. The number of ether oxygens (including phenoxy) is 1. The first-order valence-electron chi connectivity index (χ1n) is 4.61. The second-order valence-corrected chi connectivity index (χ2v) is 4.03. The summed E-state index contributed by atoms with van der Waals surface area (Å²) in [6.45, 7) is 1.44. The summed E-state index contributed by atoms with van der Waals surface area (Å²) in [6.07, 6.45) is -0.659. The van der Waals surface area contributed by atoms with Crippen LogP contribution in [0.4, 0.5) is 4.79 Å². The zero-order chi connectivity index (χ0) is 10.8. The third-order valence-corrected chi connectivity index (χ3v) is 2.62. The minimum atomic E-state index is -0.335. The van der Waals surface area contributed by atoms with Crippen LogP contribution in [0.1, 0.15) is 11.9 Å². The van der Waals surface area contributed by atoms with Gasteiger partial charge in [-0.2, -0.15) is 0 Å². The molecule has 2 N–H and O–H groups in total. The van der Waals surface area contributed by atoms with Crippen molar-refractivity contribution in [2.75, 3.05) is 19.6 Å². The number of furan rings is 1. The van der Waals surface area contributed by atoms with E-state index >= 15 is 0 Å². The summed E-state index contributed by atoms with van der Waals surface area (Å²) in [5.41, 5.74) is 5.38. The summed E-state index contributed by atoms with van der Waals surface area (Å²) in [4.78, 5) is 12.9. The Labute approximate surface area is 95.3 Å². The van der Waals surface area contributed by atoms with E-state index < -0.39 is 0 Å². The molecule has 0 saturated carbocycles. The van der Waals surface area contributed by atoms with Crippen LogP contribution in [0.3, 0.4) is 0 Å². The van der Waals surface area contributed by atoms with Gasteiger partial charge in [-0.15, -0.1) is 0 Å². The molecule has 1 aliphatic rings. The number of nitrogens with two attached hydrogens (primary N) is 1. The highest BCUT2D eigenvalue weighted by molar-refractivity contribution is 9.10. The SMILES string of the molecule is NCCN1CC(c2ccc(Br)o2)OC1=O. The highest BCUT2D eigenvalue weighted by Crippen LogP contribution is 2.28. The fourth-order valence-corrected chi connectivity index (χ4v) is 1.82. The van der Waals surface area contributed by atoms with Crippen LogP contribution in [0.25, 0.3) is 0 Å². The van der Waals surface area contributed by atoms with E-state index in [1.165, 1.54) is 0 Å². The van der Waals surface area contributed by atoms with E-state index in [1.54, 1.807) is 17.0 Å². The zero-order valence-electron chi connectivity index (χ0n) is 7.98. The largest absolute Gasteiger partial charge is 0.450 e. The molecule has 2 rings (SSSR count). The van der Waals surface area contributed by atoms with Crippen LogP contribution in [0.15, 0.2) is 21.2 Å². The molecule has 1 aliphatic heterocycles. The molecule has 15 heavy (non-hydrogen) atoms. The average molecular weight is 275 g/mol. The van der Waals surface area contributed by atoms with Crippen LogP contribution < -0.4 is 5.73 Å². The molecule has 1 atom stereocenters. The highest BCUT2D eigenvalue weighted by Gasteiger charge is 2.33. The lowest BCUT2D eigenvalue weighted by Crippen LogP contribution is -2.30. The molecule has 1 aromatic heterocycles. The lowest BCUT2D eigenvalue weighted by Gasteiger charge is -2.09. The number of carbonyl (C=O) groups excluding carboxylic acids is 1. The summed E-state index contributed by atoms with van der Waals surface area (Å²) in [5.74, 6) is 0.648. The number of nitrogens with zero attached hydrogens (tertiary/aromatic N) is 1. The summed E-state index contributed by atoms with van der Waals surface area (Å²) in [7, 11) is 0. The van der Waals surface area contributed by atoms with Crippen molar-refractivity contribution in [2.45, 2.75) is 6.10 Å². The third kappa shape index (κ3) is 2.15. The number of rotatable bonds is 3. The molecule has 0 spiro atoms. The maximum atomic E-state index is 11.3. The Morgan fingerprint density at radius 1 is 1.60 bits per heavy atom. The van der Waals surface area contributed by atoms with Crippen molar-refractivity contribution in [3.05, 3.63) is 22.6 Å². The van der Waals surface area contributed by atoms with Crippen LogP contribution >= 0.6 is 15.9 Å².